The van der Waals surface area contributed by atoms with Gasteiger partial charge < -0.3 is 5.11 Å². The molecule has 0 aromatic heterocycles. The molecule has 0 spiro atoms. The number of rotatable bonds is 4. The highest BCUT2D eigenvalue weighted by Gasteiger charge is 2.39. The number of hydrogen-bond acceptors (Lipinski definition) is 3. The maximum atomic E-state index is 13.1. The largest absolute Gasteiger partial charge is 0.389 e. The van der Waals surface area contributed by atoms with Gasteiger partial charge in [-0.2, -0.15) is 0 Å². The Balaban J connectivity index is 3.23. The minimum absolute atomic E-state index is 0.0829. The van der Waals surface area contributed by atoms with E-state index in [1.165, 1.54) is 33.8 Å². The van der Waals surface area contributed by atoms with E-state index in [9.17, 15) is 17.9 Å². The Labute approximate surface area is 117 Å². The van der Waals surface area contributed by atoms with Crippen LogP contribution in [0.4, 0.5) is 4.39 Å². The number of halogens is 2. The molecule has 0 bridgehead atoms. The molecule has 0 radical (unpaired) electrons. The van der Waals surface area contributed by atoms with Crippen molar-refractivity contribution < 1.29 is 17.9 Å². The van der Waals surface area contributed by atoms with Gasteiger partial charge in [-0.3, -0.25) is 0 Å². The number of sulfonamides is 1. The molecule has 0 unspecified atom stereocenters. The van der Waals surface area contributed by atoms with Crippen molar-refractivity contribution in [2.45, 2.75) is 43.7 Å². The third-order valence-electron chi connectivity index (χ3n) is 3.10. The van der Waals surface area contributed by atoms with Gasteiger partial charge in [0.25, 0.3) is 0 Å². The Bertz CT molecular complexity index is 579. The highest BCUT2D eigenvalue weighted by atomic mass is 35.5. The van der Waals surface area contributed by atoms with E-state index in [0.717, 1.165) is 12.1 Å². The molecule has 108 valence electrons. The van der Waals surface area contributed by atoms with Gasteiger partial charge in [0.05, 0.1) is 16.2 Å². The van der Waals surface area contributed by atoms with E-state index >= 15 is 0 Å². The molecule has 1 rings (SSSR count). The predicted octanol–water partition coefficient (Wildman–Crippen LogP) is 2.31. The van der Waals surface area contributed by atoms with Crippen LogP contribution in [0.5, 0.6) is 0 Å². The van der Waals surface area contributed by atoms with Crippen LogP contribution in [-0.4, -0.2) is 24.7 Å². The molecular weight excluding hydrogens is 293 g/mol. The number of nitrogens with one attached hydrogen (secondary N) is 1. The van der Waals surface area contributed by atoms with Gasteiger partial charge in [0.1, 0.15) is 10.7 Å². The fraction of sp³-hybridized carbons (Fsp3) is 0.500. The minimum atomic E-state index is -4.04. The first-order chi connectivity index (χ1) is 8.37. The monoisotopic (exact) mass is 309 g/mol. The first-order valence-electron chi connectivity index (χ1n) is 5.58. The van der Waals surface area contributed by atoms with Gasteiger partial charge in [-0.05, 0) is 45.9 Å². The molecule has 7 heteroatoms. The summed E-state index contributed by atoms with van der Waals surface area (Å²) in [7, 11) is -4.04. The zero-order chi connectivity index (χ0) is 15.1. The zero-order valence-electron chi connectivity index (χ0n) is 11.2. The standard InChI is InChI=1S/C12H17ClFNO3S/c1-11(2,12(3,4)16)15-19(17,18)10-7-8(14)5-6-9(10)13/h5-7,15-16H,1-4H3. The van der Waals surface area contributed by atoms with E-state index in [4.69, 9.17) is 11.6 Å². The summed E-state index contributed by atoms with van der Waals surface area (Å²) in [6, 6.07) is 3.08. The molecule has 0 fully saturated rings. The van der Waals surface area contributed by atoms with Gasteiger partial charge in [-0.15, -0.1) is 0 Å². The third-order valence-corrected chi connectivity index (χ3v) is 5.24. The topological polar surface area (TPSA) is 66.4 Å². The predicted molar refractivity (Wildman–Crippen MR) is 72.1 cm³/mol. The Hall–Kier alpha value is -0.690. The van der Waals surface area contributed by atoms with Gasteiger partial charge in [-0.25, -0.2) is 17.5 Å². The third kappa shape index (κ3) is 3.66. The molecule has 0 aliphatic heterocycles. The molecule has 0 saturated heterocycles. The summed E-state index contributed by atoms with van der Waals surface area (Å²) < 4.78 is 39.9. The average molecular weight is 310 g/mol. The van der Waals surface area contributed by atoms with E-state index < -0.39 is 27.0 Å². The molecule has 1 aromatic rings. The van der Waals surface area contributed by atoms with Crippen LogP contribution in [0.3, 0.4) is 0 Å². The molecule has 0 amide bonds. The van der Waals surface area contributed by atoms with Crippen molar-refractivity contribution in [3.63, 3.8) is 0 Å². The highest BCUT2D eigenvalue weighted by molar-refractivity contribution is 7.89. The van der Waals surface area contributed by atoms with Crippen molar-refractivity contribution in [1.82, 2.24) is 4.72 Å². The number of aliphatic hydroxyl groups is 1. The second-order valence-electron chi connectivity index (χ2n) is 5.36. The first kappa shape index (κ1) is 16.4. The van der Waals surface area contributed by atoms with Gasteiger partial charge in [0.2, 0.25) is 10.0 Å². The summed E-state index contributed by atoms with van der Waals surface area (Å²) in [4.78, 5) is -0.355. The molecule has 0 aliphatic rings. The Morgan fingerprint density at radius 2 is 1.79 bits per heavy atom. The van der Waals surface area contributed by atoms with Crippen molar-refractivity contribution in [1.29, 1.82) is 0 Å². The summed E-state index contributed by atoms with van der Waals surface area (Å²) in [5.74, 6) is -0.703. The Kier molecular flexibility index (Phi) is 4.32. The molecule has 0 atom stereocenters. The van der Waals surface area contributed by atoms with Crippen LogP contribution >= 0.6 is 11.6 Å². The van der Waals surface area contributed by atoms with Crippen LogP contribution in [0, 0.1) is 5.82 Å². The number of benzene rings is 1. The SMILES string of the molecule is CC(C)(O)C(C)(C)NS(=O)(=O)c1cc(F)ccc1Cl. The molecule has 0 aliphatic carbocycles. The van der Waals surface area contributed by atoms with Gasteiger partial charge in [-0.1, -0.05) is 11.6 Å². The molecule has 2 N–H and O–H groups in total. The maximum absolute atomic E-state index is 13.1. The van der Waals surface area contributed by atoms with Gasteiger partial charge >= 0.3 is 0 Å². The van der Waals surface area contributed by atoms with Gasteiger partial charge in [0, 0.05) is 0 Å². The smallest absolute Gasteiger partial charge is 0.242 e. The van der Waals surface area contributed by atoms with Crippen LogP contribution in [0.1, 0.15) is 27.7 Å². The Morgan fingerprint density at radius 3 is 2.26 bits per heavy atom. The molecule has 0 heterocycles. The lowest BCUT2D eigenvalue weighted by Gasteiger charge is -2.37. The summed E-state index contributed by atoms with van der Waals surface area (Å²) in [6.07, 6.45) is 0. The first-order valence-corrected chi connectivity index (χ1v) is 7.44. The van der Waals surface area contributed by atoms with Crippen LogP contribution in [-0.2, 0) is 10.0 Å². The molecule has 4 nitrogen and oxygen atoms in total. The van der Waals surface area contributed by atoms with Crippen LogP contribution in [0.25, 0.3) is 0 Å². The summed E-state index contributed by atoms with van der Waals surface area (Å²) in [5, 5.41) is 9.86. The van der Waals surface area contributed by atoms with E-state index in [0.29, 0.717) is 0 Å². The van der Waals surface area contributed by atoms with Crippen LogP contribution in [0.15, 0.2) is 23.1 Å². The Morgan fingerprint density at radius 1 is 1.26 bits per heavy atom. The summed E-state index contributed by atoms with van der Waals surface area (Å²) in [6.45, 7) is 6.00. The fourth-order valence-corrected chi connectivity index (χ4v) is 3.25. The maximum Gasteiger partial charge on any atom is 0.242 e. The summed E-state index contributed by atoms with van der Waals surface area (Å²) in [5.41, 5.74) is -2.46. The van der Waals surface area contributed by atoms with E-state index in [2.05, 4.69) is 4.72 Å². The average Bonchev–Trinajstić information content (AvgIpc) is 2.18. The van der Waals surface area contributed by atoms with E-state index in [-0.39, 0.29) is 9.92 Å². The van der Waals surface area contributed by atoms with Crippen molar-refractivity contribution in [2.24, 2.45) is 0 Å². The molecular formula is C12H17ClFNO3S. The van der Waals surface area contributed by atoms with Crippen molar-refractivity contribution in [2.75, 3.05) is 0 Å². The van der Waals surface area contributed by atoms with E-state index in [1.54, 1.807) is 0 Å². The lowest BCUT2D eigenvalue weighted by molar-refractivity contribution is 0.00638. The summed E-state index contributed by atoms with van der Waals surface area (Å²) >= 11 is 5.78. The van der Waals surface area contributed by atoms with Crippen molar-refractivity contribution >= 4 is 21.6 Å². The molecule has 0 saturated carbocycles. The quantitative estimate of drug-likeness (QED) is 0.897. The van der Waals surface area contributed by atoms with Crippen molar-refractivity contribution in [3.05, 3.63) is 29.0 Å². The van der Waals surface area contributed by atoms with Crippen molar-refractivity contribution in [3.8, 4) is 0 Å². The second kappa shape index (κ2) is 5.01. The normalized spacial score (nSPS) is 13.6. The van der Waals surface area contributed by atoms with Crippen LogP contribution in [0.2, 0.25) is 5.02 Å². The van der Waals surface area contributed by atoms with E-state index in [1.807, 2.05) is 0 Å². The molecule has 1 aromatic carbocycles. The van der Waals surface area contributed by atoms with Gasteiger partial charge in [0.15, 0.2) is 0 Å². The highest BCUT2D eigenvalue weighted by Crippen LogP contribution is 2.27. The second-order valence-corrected chi connectivity index (χ2v) is 7.42. The lowest BCUT2D eigenvalue weighted by Crippen LogP contribution is -2.57. The number of hydrogen-bond donors (Lipinski definition) is 2. The minimum Gasteiger partial charge on any atom is -0.389 e. The fourth-order valence-electron chi connectivity index (χ4n) is 1.20. The lowest BCUT2D eigenvalue weighted by atomic mass is 9.87. The van der Waals surface area contributed by atoms with Crippen LogP contribution < -0.4 is 4.72 Å². The molecule has 19 heavy (non-hydrogen) atoms. The zero-order valence-corrected chi connectivity index (χ0v) is 12.7.